The summed E-state index contributed by atoms with van der Waals surface area (Å²) in [6.07, 6.45) is 0.871. The fourth-order valence-electron chi connectivity index (χ4n) is 2.23. The van der Waals surface area contributed by atoms with Gasteiger partial charge in [-0.3, -0.25) is 4.79 Å². The number of carbonyl (C=O) groups is 2. The molecule has 6 nitrogen and oxygen atoms in total. The van der Waals surface area contributed by atoms with E-state index in [1.165, 1.54) is 11.8 Å². The molecule has 2 atom stereocenters. The maximum absolute atomic E-state index is 12.5. The summed E-state index contributed by atoms with van der Waals surface area (Å²) in [7, 11) is 0. The molecular weight excluding hydrogens is 284 g/mol. The first-order valence-electron chi connectivity index (χ1n) is 7.16. The summed E-state index contributed by atoms with van der Waals surface area (Å²) in [5, 5.41) is 17.9. The van der Waals surface area contributed by atoms with E-state index in [1.54, 1.807) is 31.2 Å². The monoisotopic (exact) mass is 302 g/mol. The normalized spacial score (nSPS) is 16.2. The minimum Gasteiger partial charge on any atom is -0.481 e. The molecule has 1 amide bonds. The van der Waals surface area contributed by atoms with Crippen molar-refractivity contribution in [2.24, 2.45) is 0 Å². The van der Waals surface area contributed by atoms with Crippen molar-refractivity contribution in [2.45, 2.75) is 44.9 Å². The van der Waals surface area contributed by atoms with Gasteiger partial charge in [0.1, 0.15) is 11.8 Å². The van der Waals surface area contributed by atoms with Crippen molar-refractivity contribution < 1.29 is 19.4 Å². The van der Waals surface area contributed by atoms with Crippen molar-refractivity contribution in [3.8, 4) is 11.8 Å². The van der Waals surface area contributed by atoms with Crippen molar-refractivity contribution in [3.63, 3.8) is 0 Å². The van der Waals surface area contributed by atoms with Crippen LogP contribution in [0.1, 0.15) is 32.3 Å². The molecular formula is C16H18N2O4. The Morgan fingerprint density at radius 3 is 2.36 bits per heavy atom. The third-order valence-corrected chi connectivity index (χ3v) is 3.61. The van der Waals surface area contributed by atoms with Crippen molar-refractivity contribution in [3.05, 3.63) is 29.8 Å². The smallest absolute Gasteiger partial charge is 0.326 e. The van der Waals surface area contributed by atoms with Gasteiger partial charge in [-0.05, 0) is 51.0 Å². The highest BCUT2D eigenvalue weighted by atomic mass is 16.5. The molecule has 1 saturated carbocycles. The zero-order valence-corrected chi connectivity index (χ0v) is 12.5. The van der Waals surface area contributed by atoms with E-state index in [1.807, 2.05) is 6.07 Å². The average molecular weight is 302 g/mol. The van der Waals surface area contributed by atoms with Crippen LogP contribution in [0.25, 0.3) is 0 Å². The van der Waals surface area contributed by atoms with Gasteiger partial charge in [-0.15, -0.1) is 0 Å². The highest BCUT2D eigenvalue weighted by molar-refractivity contribution is 5.86. The zero-order valence-electron chi connectivity index (χ0n) is 12.5. The van der Waals surface area contributed by atoms with Gasteiger partial charge >= 0.3 is 5.97 Å². The first-order chi connectivity index (χ1) is 10.4. The Morgan fingerprint density at radius 2 is 1.91 bits per heavy atom. The first kappa shape index (κ1) is 15.8. The lowest BCUT2D eigenvalue weighted by atomic mass is 10.2. The summed E-state index contributed by atoms with van der Waals surface area (Å²) in [5.74, 6) is -0.883. The Bertz CT molecular complexity index is 602. The fraction of sp³-hybridized carbons (Fsp3) is 0.438. The molecule has 1 aromatic carbocycles. The molecule has 0 spiro atoms. The van der Waals surface area contributed by atoms with Crippen LogP contribution >= 0.6 is 0 Å². The van der Waals surface area contributed by atoms with Gasteiger partial charge in [0.05, 0.1) is 11.6 Å². The topological polar surface area (TPSA) is 90.6 Å². The van der Waals surface area contributed by atoms with Gasteiger partial charge < -0.3 is 14.7 Å². The predicted molar refractivity (Wildman–Crippen MR) is 78.2 cm³/mol. The van der Waals surface area contributed by atoms with Crippen molar-refractivity contribution in [1.29, 1.82) is 5.26 Å². The summed E-state index contributed by atoms with van der Waals surface area (Å²) < 4.78 is 5.57. The number of hydrogen-bond donors (Lipinski definition) is 1. The van der Waals surface area contributed by atoms with Gasteiger partial charge in [0.15, 0.2) is 6.10 Å². The van der Waals surface area contributed by atoms with Crippen molar-refractivity contribution in [1.82, 2.24) is 4.90 Å². The van der Waals surface area contributed by atoms with E-state index in [2.05, 4.69) is 0 Å². The third kappa shape index (κ3) is 3.55. The second kappa shape index (κ2) is 6.48. The number of carboxylic acids is 1. The van der Waals surface area contributed by atoms with E-state index in [4.69, 9.17) is 15.1 Å². The molecule has 0 heterocycles. The van der Waals surface area contributed by atoms with E-state index in [9.17, 15) is 9.59 Å². The fourth-order valence-corrected chi connectivity index (χ4v) is 2.23. The highest BCUT2D eigenvalue weighted by Crippen LogP contribution is 2.30. The first-order valence-corrected chi connectivity index (χ1v) is 7.16. The van der Waals surface area contributed by atoms with E-state index >= 15 is 0 Å². The molecule has 0 radical (unpaired) electrons. The molecule has 1 N–H and O–H groups in total. The summed E-state index contributed by atoms with van der Waals surface area (Å²) in [4.78, 5) is 25.0. The van der Waals surface area contributed by atoms with Gasteiger partial charge in [-0.2, -0.15) is 5.26 Å². The van der Waals surface area contributed by atoms with Crippen LogP contribution in [0.2, 0.25) is 0 Å². The molecule has 1 fully saturated rings. The van der Waals surface area contributed by atoms with Crippen molar-refractivity contribution >= 4 is 11.9 Å². The Labute approximate surface area is 128 Å². The lowest BCUT2D eigenvalue weighted by Crippen LogP contribution is -2.49. The average Bonchev–Trinajstić information content (AvgIpc) is 3.32. The zero-order chi connectivity index (χ0) is 16.3. The number of carboxylic acid groups (broad SMARTS) is 1. The Kier molecular flexibility index (Phi) is 4.66. The molecule has 0 saturated heterocycles. The SMILES string of the molecule is CC(Oc1ccc(C#N)cc1)C(=O)N(C1CC1)C(C)C(=O)O. The van der Waals surface area contributed by atoms with E-state index in [0.29, 0.717) is 11.3 Å². The number of rotatable bonds is 6. The molecule has 1 aliphatic carbocycles. The maximum atomic E-state index is 12.5. The molecule has 1 aliphatic rings. The van der Waals surface area contributed by atoms with E-state index in [0.717, 1.165) is 12.8 Å². The van der Waals surface area contributed by atoms with Gasteiger partial charge in [-0.1, -0.05) is 0 Å². The van der Waals surface area contributed by atoms with Gasteiger partial charge in [0.2, 0.25) is 0 Å². The Balaban J connectivity index is 2.06. The van der Waals surface area contributed by atoms with Crippen molar-refractivity contribution in [2.75, 3.05) is 0 Å². The molecule has 0 aromatic heterocycles. The lowest BCUT2D eigenvalue weighted by molar-refractivity contribution is -0.153. The molecule has 2 unspecified atom stereocenters. The van der Waals surface area contributed by atoms with Gasteiger partial charge in [0, 0.05) is 6.04 Å². The summed E-state index contributed by atoms with van der Waals surface area (Å²) in [6, 6.07) is 7.56. The van der Waals surface area contributed by atoms with Crippen LogP contribution in [-0.2, 0) is 9.59 Å². The molecule has 1 aromatic rings. The van der Waals surface area contributed by atoms with E-state index < -0.39 is 18.1 Å². The largest absolute Gasteiger partial charge is 0.481 e. The number of nitrogens with zero attached hydrogens (tertiary/aromatic N) is 2. The third-order valence-electron chi connectivity index (χ3n) is 3.61. The number of aliphatic carboxylic acids is 1. The van der Waals surface area contributed by atoms with E-state index in [-0.39, 0.29) is 11.9 Å². The Hall–Kier alpha value is -2.55. The number of nitriles is 1. The van der Waals surface area contributed by atoms with Crippen LogP contribution in [0.15, 0.2) is 24.3 Å². The summed E-state index contributed by atoms with van der Waals surface area (Å²) in [5.41, 5.74) is 0.505. The molecule has 0 bridgehead atoms. The number of ether oxygens (including phenoxy) is 1. The quantitative estimate of drug-likeness (QED) is 0.865. The number of hydrogen-bond acceptors (Lipinski definition) is 4. The Morgan fingerprint density at radius 1 is 1.32 bits per heavy atom. The maximum Gasteiger partial charge on any atom is 0.326 e. The second-order valence-corrected chi connectivity index (χ2v) is 5.39. The molecule has 116 valence electrons. The summed E-state index contributed by atoms with van der Waals surface area (Å²) in [6.45, 7) is 3.11. The van der Waals surface area contributed by atoms with Crippen LogP contribution in [-0.4, -0.2) is 40.1 Å². The number of amides is 1. The standard InChI is InChI=1S/C16H18N2O4/c1-10(16(20)21)18(13-5-6-13)15(19)11(2)22-14-7-3-12(9-17)4-8-14/h3-4,7-8,10-11,13H,5-6H2,1-2H3,(H,20,21). The minimum atomic E-state index is -1.02. The predicted octanol–water partition coefficient (Wildman–Crippen LogP) is 1.79. The lowest BCUT2D eigenvalue weighted by Gasteiger charge is -2.29. The molecule has 0 aliphatic heterocycles. The molecule has 2 rings (SSSR count). The van der Waals surface area contributed by atoms with Crippen LogP contribution in [0, 0.1) is 11.3 Å². The van der Waals surface area contributed by atoms with Crippen LogP contribution in [0.3, 0.4) is 0 Å². The molecule has 6 heteroatoms. The molecule has 22 heavy (non-hydrogen) atoms. The van der Waals surface area contributed by atoms with Gasteiger partial charge in [-0.25, -0.2) is 4.79 Å². The second-order valence-electron chi connectivity index (χ2n) is 5.39. The minimum absolute atomic E-state index is 0.00869. The number of benzene rings is 1. The van der Waals surface area contributed by atoms with Crippen LogP contribution in [0.5, 0.6) is 5.75 Å². The van der Waals surface area contributed by atoms with Crippen LogP contribution in [0.4, 0.5) is 0 Å². The number of carbonyl (C=O) groups excluding carboxylic acids is 1. The summed E-state index contributed by atoms with van der Waals surface area (Å²) >= 11 is 0. The van der Waals surface area contributed by atoms with Crippen LogP contribution < -0.4 is 4.74 Å². The highest BCUT2D eigenvalue weighted by Gasteiger charge is 2.40. The van der Waals surface area contributed by atoms with Gasteiger partial charge in [0.25, 0.3) is 5.91 Å².